The van der Waals surface area contributed by atoms with E-state index in [9.17, 15) is 9.90 Å². The molecular formula is C18H25N3O2S. The van der Waals surface area contributed by atoms with Gasteiger partial charge in [-0.25, -0.2) is 9.78 Å². The number of amides is 2. The molecule has 1 aromatic carbocycles. The van der Waals surface area contributed by atoms with Crippen LogP contribution in [0.15, 0.2) is 35.7 Å². The quantitative estimate of drug-likeness (QED) is 0.808. The second-order valence-electron chi connectivity index (χ2n) is 6.09. The number of hydrogen-bond donors (Lipinski definition) is 2. The number of hydrogen-bond acceptors (Lipinski definition) is 4. The number of aromatic nitrogens is 1. The van der Waals surface area contributed by atoms with Crippen molar-refractivity contribution >= 4 is 17.4 Å². The Morgan fingerprint density at radius 2 is 2.00 bits per heavy atom. The lowest BCUT2D eigenvalue weighted by Crippen LogP contribution is -2.47. The third-order valence-corrected chi connectivity index (χ3v) is 4.52. The Morgan fingerprint density at radius 1 is 1.29 bits per heavy atom. The first-order chi connectivity index (χ1) is 11.5. The molecule has 2 amide bonds. The number of nitrogens with zero attached hydrogens (tertiary/aromatic N) is 2. The number of benzene rings is 1. The van der Waals surface area contributed by atoms with Crippen LogP contribution in [-0.4, -0.2) is 46.3 Å². The van der Waals surface area contributed by atoms with E-state index < -0.39 is 6.10 Å². The zero-order valence-electron chi connectivity index (χ0n) is 14.4. The second-order valence-corrected chi connectivity index (χ2v) is 6.95. The number of urea groups is 1. The van der Waals surface area contributed by atoms with Crippen LogP contribution >= 0.6 is 11.3 Å². The van der Waals surface area contributed by atoms with Crippen LogP contribution in [0.2, 0.25) is 0 Å². The largest absolute Gasteiger partial charge is 0.392 e. The van der Waals surface area contributed by atoms with Gasteiger partial charge in [-0.3, -0.25) is 0 Å². The number of aliphatic hydroxyl groups is 1. The van der Waals surface area contributed by atoms with Gasteiger partial charge < -0.3 is 15.3 Å². The number of aliphatic hydroxyl groups excluding tert-OH is 1. The summed E-state index contributed by atoms with van der Waals surface area (Å²) in [5.74, 6) is 0. The first-order valence-electron chi connectivity index (χ1n) is 8.19. The van der Waals surface area contributed by atoms with E-state index in [0.29, 0.717) is 19.5 Å². The smallest absolute Gasteiger partial charge is 0.317 e. The molecule has 0 saturated heterocycles. The average Bonchev–Trinajstić information content (AvgIpc) is 3.02. The molecule has 0 saturated carbocycles. The van der Waals surface area contributed by atoms with E-state index in [1.54, 1.807) is 23.2 Å². The van der Waals surface area contributed by atoms with Crippen LogP contribution in [-0.2, 0) is 6.42 Å². The Hall–Kier alpha value is -1.92. The van der Waals surface area contributed by atoms with Gasteiger partial charge in [0, 0.05) is 36.5 Å². The summed E-state index contributed by atoms with van der Waals surface area (Å²) in [6, 6.07) is 9.97. The molecule has 2 aromatic rings. The van der Waals surface area contributed by atoms with Crippen LogP contribution in [0.4, 0.5) is 4.79 Å². The van der Waals surface area contributed by atoms with Gasteiger partial charge in [0.25, 0.3) is 0 Å². The Bertz CT molecular complexity index is 641. The molecule has 130 valence electrons. The van der Waals surface area contributed by atoms with Crippen molar-refractivity contribution in [1.29, 1.82) is 0 Å². The van der Waals surface area contributed by atoms with E-state index in [0.717, 1.165) is 16.3 Å². The Kier molecular flexibility index (Phi) is 6.75. The molecule has 24 heavy (non-hydrogen) atoms. The third kappa shape index (κ3) is 5.32. The molecule has 0 radical (unpaired) electrons. The van der Waals surface area contributed by atoms with Gasteiger partial charge in [-0.1, -0.05) is 30.3 Å². The molecule has 1 atom stereocenters. The summed E-state index contributed by atoms with van der Waals surface area (Å²) >= 11 is 1.61. The van der Waals surface area contributed by atoms with E-state index >= 15 is 0 Å². The molecule has 0 aliphatic rings. The SMILES string of the molecule is CC(O)CN(C(=O)NCCc1csc(-c2ccccc2)n1)C(C)C. The minimum atomic E-state index is -0.537. The highest BCUT2D eigenvalue weighted by Crippen LogP contribution is 2.23. The maximum absolute atomic E-state index is 12.2. The van der Waals surface area contributed by atoms with Crippen molar-refractivity contribution in [3.05, 3.63) is 41.4 Å². The molecule has 0 aliphatic carbocycles. The lowest BCUT2D eigenvalue weighted by Gasteiger charge is -2.28. The van der Waals surface area contributed by atoms with Crippen molar-refractivity contribution in [3.8, 4) is 10.6 Å². The van der Waals surface area contributed by atoms with Gasteiger partial charge in [0.05, 0.1) is 11.8 Å². The number of thiazole rings is 1. The molecule has 1 heterocycles. The predicted octanol–water partition coefficient (Wildman–Crippen LogP) is 3.15. The van der Waals surface area contributed by atoms with E-state index in [4.69, 9.17) is 0 Å². The number of nitrogens with one attached hydrogen (secondary N) is 1. The zero-order valence-corrected chi connectivity index (χ0v) is 15.2. The van der Waals surface area contributed by atoms with Crippen LogP contribution in [0.25, 0.3) is 10.6 Å². The minimum absolute atomic E-state index is 0.0450. The lowest BCUT2D eigenvalue weighted by atomic mass is 10.2. The lowest BCUT2D eigenvalue weighted by molar-refractivity contribution is 0.119. The van der Waals surface area contributed by atoms with Crippen LogP contribution in [0.1, 0.15) is 26.5 Å². The molecule has 0 bridgehead atoms. The van der Waals surface area contributed by atoms with Crippen LogP contribution in [0.3, 0.4) is 0 Å². The zero-order chi connectivity index (χ0) is 17.5. The van der Waals surface area contributed by atoms with Gasteiger partial charge in [-0.05, 0) is 20.8 Å². The highest BCUT2D eigenvalue weighted by Gasteiger charge is 2.18. The van der Waals surface area contributed by atoms with Crippen LogP contribution in [0, 0.1) is 0 Å². The summed E-state index contributed by atoms with van der Waals surface area (Å²) in [5.41, 5.74) is 2.09. The molecule has 2 rings (SSSR count). The van der Waals surface area contributed by atoms with Crippen molar-refractivity contribution in [1.82, 2.24) is 15.2 Å². The fraction of sp³-hybridized carbons (Fsp3) is 0.444. The fourth-order valence-corrected chi connectivity index (χ4v) is 3.21. The summed E-state index contributed by atoms with van der Waals surface area (Å²) < 4.78 is 0. The molecule has 2 N–H and O–H groups in total. The molecular weight excluding hydrogens is 322 g/mol. The maximum atomic E-state index is 12.2. The standard InChI is InChI=1S/C18H25N3O2S/c1-13(2)21(11-14(3)22)18(23)19-10-9-16-12-24-17(20-16)15-7-5-4-6-8-15/h4-8,12-14,22H,9-11H2,1-3H3,(H,19,23). The summed E-state index contributed by atoms with van der Waals surface area (Å²) in [7, 11) is 0. The predicted molar refractivity (Wildman–Crippen MR) is 98.2 cm³/mol. The van der Waals surface area contributed by atoms with Gasteiger partial charge in [0.15, 0.2) is 0 Å². The molecule has 0 spiro atoms. The minimum Gasteiger partial charge on any atom is -0.392 e. The van der Waals surface area contributed by atoms with Crippen molar-refractivity contribution < 1.29 is 9.90 Å². The first kappa shape index (κ1) is 18.4. The first-order valence-corrected chi connectivity index (χ1v) is 9.07. The van der Waals surface area contributed by atoms with E-state index in [1.807, 2.05) is 49.6 Å². The molecule has 5 nitrogen and oxygen atoms in total. The van der Waals surface area contributed by atoms with Gasteiger partial charge in [-0.15, -0.1) is 11.3 Å². The summed E-state index contributed by atoms with van der Waals surface area (Å²) in [5, 5.41) is 15.4. The molecule has 0 fully saturated rings. The summed E-state index contributed by atoms with van der Waals surface area (Å²) in [6.45, 7) is 6.42. The summed E-state index contributed by atoms with van der Waals surface area (Å²) in [4.78, 5) is 18.5. The van der Waals surface area contributed by atoms with Gasteiger partial charge in [-0.2, -0.15) is 0 Å². The normalized spacial score (nSPS) is 12.2. The van der Waals surface area contributed by atoms with E-state index in [-0.39, 0.29) is 12.1 Å². The number of carbonyl (C=O) groups excluding carboxylic acids is 1. The fourth-order valence-electron chi connectivity index (χ4n) is 2.35. The average molecular weight is 347 g/mol. The Morgan fingerprint density at radius 3 is 2.62 bits per heavy atom. The third-order valence-electron chi connectivity index (χ3n) is 3.57. The summed E-state index contributed by atoms with van der Waals surface area (Å²) in [6.07, 6.45) is 0.153. The van der Waals surface area contributed by atoms with Crippen molar-refractivity contribution in [2.24, 2.45) is 0 Å². The van der Waals surface area contributed by atoms with Crippen LogP contribution < -0.4 is 5.32 Å². The van der Waals surface area contributed by atoms with Crippen LogP contribution in [0.5, 0.6) is 0 Å². The Labute approximate surface area is 147 Å². The monoisotopic (exact) mass is 347 g/mol. The molecule has 6 heteroatoms. The maximum Gasteiger partial charge on any atom is 0.317 e. The van der Waals surface area contributed by atoms with Gasteiger partial charge >= 0.3 is 6.03 Å². The van der Waals surface area contributed by atoms with Crippen molar-refractivity contribution in [2.45, 2.75) is 39.3 Å². The highest BCUT2D eigenvalue weighted by atomic mass is 32.1. The van der Waals surface area contributed by atoms with Gasteiger partial charge in [0.1, 0.15) is 5.01 Å². The highest BCUT2D eigenvalue weighted by molar-refractivity contribution is 7.13. The van der Waals surface area contributed by atoms with Gasteiger partial charge in [0.2, 0.25) is 0 Å². The van der Waals surface area contributed by atoms with E-state index in [1.165, 1.54) is 0 Å². The number of rotatable bonds is 7. The molecule has 1 unspecified atom stereocenters. The van der Waals surface area contributed by atoms with Crippen molar-refractivity contribution in [3.63, 3.8) is 0 Å². The topological polar surface area (TPSA) is 65.5 Å². The molecule has 0 aliphatic heterocycles. The number of carbonyl (C=O) groups is 1. The van der Waals surface area contributed by atoms with Crippen molar-refractivity contribution in [2.75, 3.05) is 13.1 Å². The Balaban J connectivity index is 1.85. The molecule has 1 aromatic heterocycles. The second kappa shape index (κ2) is 8.80. The van der Waals surface area contributed by atoms with E-state index in [2.05, 4.69) is 10.3 Å².